The van der Waals surface area contributed by atoms with Crippen molar-refractivity contribution in [3.05, 3.63) is 53.6 Å². The Kier molecular flexibility index (Phi) is 5.40. The van der Waals surface area contributed by atoms with Crippen LogP contribution in [0.5, 0.6) is 0 Å². The van der Waals surface area contributed by atoms with Crippen LogP contribution < -0.4 is 10.4 Å². The summed E-state index contributed by atoms with van der Waals surface area (Å²) in [6, 6.07) is 6.50. The van der Waals surface area contributed by atoms with Gasteiger partial charge in [-0.1, -0.05) is 19.1 Å². The van der Waals surface area contributed by atoms with Crippen molar-refractivity contribution >= 4 is 17.8 Å². The second-order valence-corrected chi connectivity index (χ2v) is 5.94. The Bertz CT molecular complexity index is 797. The topological polar surface area (TPSA) is 84.4 Å². The third kappa shape index (κ3) is 3.96. The van der Waals surface area contributed by atoms with Gasteiger partial charge in [0.1, 0.15) is 5.82 Å². The van der Waals surface area contributed by atoms with Crippen LogP contribution in [0.15, 0.2) is 36.7 Å². The summed E-state index contributed by atoms with van der Waals surface area (Å²) in [6.07, 6.45) is 4.73. The lowest BCUT2D eigenvalue weighted by Gasteiger charge is -2.25. The Morgan fingerprint density at radius 2 is 2.12 bits per heavy atom. The minimum absolute atomic E-state index is 0.00381. The van der Waals surface area contributed by atoms with Crippen molar-refractivity contribution in [3.8, 4) is 0 Å². The average Bonchev–Trinajstić information content (AvgIpc) is 3.15. The van der Waals surface area contributed by atoms with E-state index in [1.54, 1.807) is 13.0 Å². The van der Waals surface area contributed by atoms with Gasteiger partial charge in [0.2, 0.25) is 5.95 Å². The van der Waals surface area contributed by atoms with Crippen LogP contribution in [0.1, 0.15) is 48.1 Å². The molecule has 8 heteroatoms. The number of benzene rings is 1. The molecule has 26 heavy (non-hydrogen) atoms. The molecule has 1 aliphatic rings. The Morgan fingerprint density at radius 1 is 1.35 bits per heavy atom. The largest absolute Gasteiger partial charge is 0.341 e. The van der Waals surface area contributed by atoms with Crippen LogP contribution in [0.2, 0.25) is 0 Å². The first-order valence-electron chi connectivity index (χ1n) is 8.42. The second-order valence-electron chi connectivity index (χ2n) is 5.94. The summed E-state index contributed by atoms with van der Waals surface area (Å²) in [5.74, 6) is -0.935. The minimum atomic E-state index is -0.596. The van der Waals surface area contributed by atoms with E-state index in [4.69, 9.17) is 0 Å². The van der Waals surface area contributed by atoms with E-state index in [9.17, 15) is 14.0 Å². The molecule has 1 aliphatic heterocycles. The summed E-state index contributed by atoms with van der Waals surface area (Å²) in [5, 5.41) is 0. The van der Waals surface area contributed by atoms with E-state index < -0.39 is 11.9 Å². The highest BCUT2D eigenvalue weighted by molar-refractivity contribution is 5.93. The number of nitrogens with one attached hydrogen (secondary N) is 1. The van der Waals surface area contributed by atoms with E-state index in [1.807, 2.05) is 11.0 Å². The van der Waals surface area contributed by atoms with Gasteiger partial charge in [-0.25, -0.2) is 19.2 Å². The van der Waals surface area contributed by atoms with E-state index in [0.717, 1.165) is 24.9 Å². The second kappa shape index (κ2) is 7.90. The molecule has 7 nitrogen and oxygen atoms in total. The molecule has 1 unspecified atom stereocenters. The zero-order valence-corrected chi connectivity index (χ0v) is 14.3. The lowest BCUT2D eigenvalue weighted by Crippen LogP contribution is -2.28. The molecule has 1 amide bonds. The van der Waals surface area contributed by atoms with Crippen LogP contribution in [0, 0.1) is 5.82 Å². The molecule has 1 fully saturated rings. The van der Waals surface area contributed by atoms with Crippen LogP contribution in [0.4, 0.5) is 10.3 Å². The van der Waals surface area contributed by atoms with Crippen LogP contribution >= 0.6 is 0 Å². The molecule has 2 aromatic rings. The fourth-order valence-electron chi connectivity index (χ4n) is 2.89. The molecule has 0 saturated carbocycles. The number of hydrogen-bond acceptors (Lipinski definition) is 6. The Balaban J connectivity index is 1.71. The first-order valence-corrected chi connectivity index (χ1v) is 8.42. The zero-order valence-electron chi connectivity index (χ0n) is 14.3. The van der Waals surface area contributed by atoms with Crippen LogP contribution in [0.25, 0.3) is 0 Å². The number of carbonyl (C=O) groups excluding carboxylic acids is 2. The molecule has 0 aliphatic carbocycles. The van der Waals surface area contributed by atoms with Gasteiger partial charge in [0.05, 0.1) is 11.6 Å². The molecule has 136 valence electrons. The molecule has 1 atom stereocenters. The Labute approximate surface area is 150 Å². The Hall–Kier alpha value is -3.03. The van der Waals surface area contributed by atoms with E-state index in [0.29, 0.717) is 5.95 Å². The van der Waals surface area contributed by atoms with E-state index in [-0.39, 0.29) is 23.8 Å². The average molecular weight is 358 g/mol. The molecular weight excluding hydrogens is 339 g/mol. The highest BCUT2D eigenvalue weighted by atomic mass is 19.1. The first-order chi connectivity index (χ1) is 12.6. The van der Waals surface area contributed by atoms with Crippen molar-refractivity contribution in [1.82, 2.24) is 15.4 Å². The first kappa shape index (κ1) is 17.8. The van der Waals surface area contributed by atoms with Gasteiger partial charge in [-0.15, -0.1) is 0 Å². The quantitative estimate of drug-likeness (QED) is 0.846. The molecule has 1 saturated heterocycles. The van der Waals surface area contributed by atoms with Gasteiger partial charge >= 0.3 is 5.97 Å². The lowest BCUT2D eigenvalue weighted by molar-refractivity contribution is -0.148. The Morgan fingerprint density at radius 3 is 2.81 bits per heavy atom. The van der Waals surface area contributed by atoms with Gasteiger partial charge in [0.25, 0.3) is 5.91 Å². The van der Waals surface area contributed by atoms with Crippen LogP contribution in [-0.2, 0) is 9.63 Å². The summed E-state index contributed by atoms with van der Waals surface area (Å²) in [6.45, 7) is 2.37. The standard InChI is InChI=1S/C18H19FN4O3/c1-2-16(24)26-22-17(25)13-10-20-18(21-11-13)23-8-4-7-15(23)12-5-3-6-14(19)9-12/h3,5-6,9-11,15H,2,4,7-8H2,1H3,(H,22,25). The molecule has 1 aromatic heterocycles. The van der Waals surface area contributed by atoms with Crippen molar-refractivity contribution in [2.75, 3.05) is 11.4 Å². The van der Waals surface area contributed by atoms with Crippen molar-refractivity contribution < 1.29 is 18.8 Å². The molecule has 0 radical (unpaired) electrons. The molecule has 0 spiro atoms. The molecule has 3 rings (SSSR count). The summed E-state index contributed by atoms with van der Waals surface area (Å²) >= 11 is 0. The SMILES string of the molecule is CCC(=O)ONC(=O)c1cnc(N2CCCC2c2cccc(F)c2)nc1. The number of nitrogens with zero attached hydrogens (tertiary/aromatic N) is 3. The molecule has 0 bridgehead atoms. The van der Waals surface area contributed by atoms with Crippen molar-refractivity contribution in [2.45, 2.75) is 32.2 Å². The number of aromatic nitrogens is 2. The predicted molar refractivity (Wildman–Crippen MR) is 91.6 cm³/mol. The number of carbonyl (C=O) groups is 2. The fraction of sp³-hybridized carbons (Fsp3) is 0.333. The maximum atomic E-state index is 13.5. The van der Waals surface area contributed by atoms with Gasteiger partial charge in [0, 0.05) is 25.4 Å². The minimum Gasteiger partial charge on any atom is -0.341 e. The van der Waals surface area contributed by atoms with E-state index in [2.05, 4.69) is 20.3 Å². The lowest BCUT2D eigenvalue weighted by atomic mass is 10.0. The monoisotopic (exact) mass is 358 g/mol. The molecule has 1 N–H and O–H groups in total. The maximum absolute atomic E-state index is 13.5. The molecule has 2 heterocycles. The van der Waals surface area contributed by atoms with Gasteiger partial charge in [-0.3, -0.25) is 4.79 Å². The van der Waals surface area contributed by atoms with Crippen molar-refractivity contribution in [1.29, 1.82) is 0 Å². The van der Waals surface area contributed by atoms with Crippen molar-refractivity contribution in [3.63, 3.8) is 0 Å². The van der Waals surface area contributed by atoms with E-state index >= 15 is 0 Å². The van der Waals surface area contributed by atoms with Gasteiger partial charge < -0.3 is 9.74 Å². The number of anilines is 1. The highest BCUT2D eigenvalue weighted by Crippen LogP contribution is 2.34. The summed E-state index contributed by atoms with van der Waals surface area (Å²) in [7, 11) is 0. The molecular formula is C18H19FN4O3. The smallest absolute Gasteiger partial charge is 0.331 e. The summed E-state index contributed by atoms with van der Waals surface area (Å²) < 4.78 is 13.5. The number of halogens is 1. The van der Waals surface area contributed by atoms with Gasteiger partial charge in [-0.2, -0.15) is 5.48 Å². The fourth-order valence-corrected chi connectivity index (χ4v) is 2.89. The van der Waals surface area contributed by atoms with Crippen LogP contribution in [0.3, 0.4) is 0 Å². The highest BCUT2D eigenvalue weighted by Gasteiger charge is 2.28. The molecule has 1 aromatic carbocycles. The number of hydrogen-bond donors (Lipinski definition) is 1. The van der Waals surface area contributed by atoms with Gasteiger partial charge in [0.15, 0.2) is 0 Å². The zero-order chi connectivity index (χ0) is 18.5. The van der Waals surface area contributed by atoms with Gasteiger partial charge in [-0.05, 0) is 30.5 Å². The summed E-state index contributed by atoms with van der Waals surface area (Å²) in [4.78, 5) is 38.0. The number of rotatable bonds is 4. The van der Waals surface area contributed by atoms with Crippen LogP contribution in [-0.4, -0.2) is 28.4 Å². The number of hydroxylamine groups is 1. The predicted octanol–water partition coefficient (Wildman–Crippen LogP) is 2.56. The third-order valence-corrected chi connectivity index (χ3v) is 4.19. The maximum Gasteiger partial charge on any atom is 0.331 e. The van der Waals surface area contributed by atoms with Crippen molar-refractivity contribution in [2.24, 2.45) is 0 Å². The normalized spacial score (nSPS) is 16.4. The van der Waals surface area contributed by atoms with E-state index in [1.165, 1.54) is 24.5 Å². The third-order valence-electron chi connectivity index (χ3n) is 4.19. The summed E-state index contributed by atoms with van der Waals surface area (Å²) in [5.41, 5.74) is 3.11. The number of amides is 1.